The Labute approximate surface area is 179 Å². The number of hydrogen-bond donors (Lipinski definition) is 2. The molecular weight excluding hydrogens is 404 g/mol. The van der Waals surface area contributed by atoms with E-state index in [1.54, 1.807) is 31.4 Å². The van der Waals surface area contributed by atoms with Gasteiger partial charge in [0.15, 0.2) is 17.2 Å². The van der Waals surface area contributed by atoms with E-state index in [1.807, 2.05) is 13.8 Å². The molecule has 2 heterocycles. The molecule has 10 heteroatoms. The number of hydrogen-bond acceptors (Lipinski definition) is 7. The maximum atomic E-state index is 13.4. The second-order valence-corrected chi connectivity index (χ2v) is 7.70. The van der Waals surface area contributed by atoms with Crippen molar-refractivity contribution in [3.8, 4) is 11.5 Å². The lowest BCUT2D eigenvalue weighted by atomic mass is 10.2. The van der Waals surface area contributed by atoms with Crippen LogP contribution in [0.4, 0.5) is 11.5 Å². The first kappa shape index (κ1) is 22.4. The highest BCUT2D eigenvalue weighted by molar-refractivity contribution is 5.99. The Kier molecular flexibility index (Phi) is 7.01. The van der Waals surface area contributed by atoms with E-state index in [0.717, 1.165) is 0 Å². The number of nitrogens with two attached hydrogens (primary N) is 1. The molecule has 31 heavy (non-hydrogen) atoms. The minimum absolute atomic E-state index is 0.0138. The summed E-state index contributed by atoms with van der Waals surface area (Å²) in [4.78, 5) is 42.0. The van der Waals surface area contributed by atoms with Gasteiger partial charge in [-0.2, -0.15) is 0 Å². The molecule has 0 fully saturated rings. The van der Waals surface area contributed by atoms with Crippen LogP contribution in [0.3, 0.4) is 0 Å². The fourth-order valence-corrected chi connectivity index (χ4v) is 3.40. The van der Waals surface area contributed by atoms with Crippen molar-refractivity contribution in [3.63, 3.8) is 0 Å². The summed E-state index contributed by atoms with van der Waals surface area (Å²) >= 11 is 0. The third-order valence-corrected chi connectivity index (χ3v) is 4.81. The number of nitrogens with one attached hydrogen (secondary N) is 1. The smallest absolute Gasteiger partial charge is 0.330 e. The van der Waals surface area contributed by atoms with E-state index in [0.29, 0.717) is 31.1 Å². The van der Waals surface area contributed by atoms with Crippen molar-refractivity contribution in [2.45, 2.75) is 32.9 Å². The Morgan fingerprint density at radius 1 is 1.32 bits per heavy atom. The Morgan fingerprint density at radius 3 is 2.71 bits per heavy atom. The minimum atomic E-state index is -0.971. The summed E-state index contributed by atoms with van der Waals surface area (Å²) in [6.07, 6.45) is -0.518. The van der Waals surface area contributed by atoms with Gasteiger partial charge in [-0.05, 0) is 24.5 Å². The Morgan fingerprint density at radius 2 is 2.03 bits per heavy atom. The zero-order chi connectivity index (χ0) is 22.5. The average molecular weight is 432 g/mol. The lowest BCUT2D eigenvalue weighted by molar-refractivity contribution is -0.127. The molecular formula is C21H28N4O6. The van der Waals surface area contributed by atoms with Gasteiger partial charge in [0.2, 0.25) is 6.10 Å². The van der Waals surface area contributed by atoms with E-state index in [2.05, 4.69) is 4.98 Å². The number of methoxy groups -OCH3 is 1. The van der Waals surface area contributed by atoms with E-state index in [1.165, 1.54) is 9.47 Å². The van der Waals surface area contributed by atoms with E-state index < -0.39 is 23.3 Å². The molecule has 168 valence electrons. The summed E-state index contributed by atoms with van der Waals surface area (Å²) < 4.78 is 17.8. The zero-order valence-corrected chi connectivity index (χ0v) is 17.9. The van der Waals surface area contributed by atoms with Crippen molar-refractivity contribution in [1.82, 2.24) is 9.55 Å². The minimum Gasteiger partial charge on any atom is -0.485 e. The number of nitrogens with zero attached hydrogens (tertiary/aromatic N) is 2. The number of para-hydroxylation sites is 2. The van der Waals surface area contributed by atoms with Crippen LogP contribution in [0.15, 0.2) is 33.9 Å². The summed E-state index contributed by atoms with van der Waals surface area (Å²) in [5.41, 5.74) is 4.80. The van der Waals surface area contributed by atoms with E-state index in [-0.39, 0.29) is 30.6 Å². The summed E-state index contributed by atoms with van der Waals surface area (Å²) in [7, 11) is 1.55. The molecule has 1 aromatic heterocycles. The molecule has 0 radical (unpaired) electrons. The number of carbonyl (C=O) groups excluding carboxylic acids is 1. The summed E-state index contributed by atoms with van der Waals surface area (Å²) in [6.45, 7) is 4.65. The van der Waals surface area contributed by atoms with Crippen molar-refractivity contribution < 1.29 is 19.0 Å². The van der Waals surface area contributed by atoms with E-state index in [9.17, 15) is 14.4 Å². The zero-order valence-electron chi connectivity index (χ0n) is 17.9. The molecule has 0 saturated carbocycles. The van der Waals surface area contributed by atoms with Gasteiger partial charge in [-0.3, -0.25) is 19.1 Å². The Balaban J connectivity index is 1.99. The van der Waals surface area contributed by atoms with Crippen molar-refractivity contribution in [2.24, 2.45) is 5.92 Å². The summed E-state index contributed by atoms with van der Waals surface area (Å²) in [5.74, 6) is 0.529. The normalized spacial score (nSPS) is 15.2. The highest BCUT2D eigenvalue weighted by atomic mass is 16.6. The fourth-order valence-electron chi connectivity index (χ4n) is 3.40. The highest BCUT2D eigenvalue weighted by Crippen LogP contribution is 2.32. The first-order valence-corrected chi connectivity index (χ1v) is 10.1. The Hall–Kier alpha value is -3.27. The third kappa shape index (κ3) is 4.91. The van der Waals surface area contributed by atoms with Crippen molar-refractivity contribution in [3.05, 3.63) is 45.1 Å². The highest BCUT2D eigenvalue weighted by Gasteiger charge is 2.34. The number of fused-ring (bicyclic) bond motifs is 1. The number of H-pyrrole nitrogens is 1. The van der Waals surface area contributed by atoms with E-state index in [4.69, 9.17) is 19.9 Å². The number of benzene rings is 1. The van der Waals surface area contributed by atoms with Crippen LogP contribution in [0.25, 0.3) is 0 Å². The van der Waals surface area contributed by atoms with Crippen LogP contribution in [0, 0.1) is 5.92 Å². The van der Waals surface area contributed by atoms with Crippen molar-refractivity contribution in [2.75, 3.05) is 37.5 Å². The fraction of sp³-hybridized carbons (Fsp3) is 0.476. The standard InChI is InChI=1S/C21H28N4O6/c1-13(2)11-25-18(22)17(19(26)23-21(25)28)24(9-6-10-29-3)20(27)16-12-30-14-7-4-5-8-15(14)31-16/h4-5,7-8,13,16H,6,9-12,22H2,1-3H3,(H,23,26,28)/t16-/m1/s1. The molecule has 3 N–H and O–H groups in total. The molecule has 1 aromatic carbocycles. The molecule has 0 unspecified atom stereocenters. The Bertz CT molecular complexity index is 1040. The van der Waals surface area contributed by atoms with Gasteiger partial charge in [0, 0.05) is 26.8 Å². The van der Waals surface area contributed by atoms with Gasteiger partial charge < -0.3 is 24.8 Å². The molecule has 3 rings (SSSR count). The van der Waals surface area contributed by atoms with Crippen LogP contribution in [-0.4, -0.2) is 48.4 Å². The van der Waals surface area contributed by atoms with Gasteiger partial charge in [0.05, 0.1) is 0 Å². The maximum Gasteiger partial charge on any atom is 0.330 e. The molecule has 1 atom stereocenters. The molecule has 0 bridgehead atoms. The van der Waals surface area contributed by atoms with Crippen LogP contribution >= 0.6 is 0 Å². The number of carbonyl (C=O) groups is 1. The second kappa shape index (κ2) is 9.69. The number of ether oxygens (including phenoxy) is 3. The monoisotopic (exact) mass is 432 g/mol. The van der Waals surface area contributed by atoms with Gasteiger partial charge in [-0.25, -0.2) is 4.79 Å². The number of rotatable bonds is 8. The summed E-state index contributed by atoms with van der Waals surface area (Å²) in [6, 6.07) is 7.03. The molecule has 0 saturated heterocycles. The first-order valence-electron chi connectivity index (χ1n) is 10.1. The topological polar surface area (TPSA) is 129 Å². The van der Waals surface area contributed by atoms with Gasteiger partial charge in [0.1, 0.15) is 12.4 Å². The van der Waals surface area contributed by atoms with Gasteiger partial charge >= 0.3 is 5.69 Å². The van der Waals surface area contributed by atoms with Crippen LogP contribution in [-0.2, 0) is 16.1 Å². The second-order valence-electron chi connectivity index (χ2n) is 7.70. The predicted molar refractivity (Wildman–Crippen MR) is 116 cm³/mol. The number of anilines is 2. The molecule has 1 amide bonds. The number of aromatic nitrogens is 2. The third-order valence-electron chi connectivity index (χ3n) is 4.81. The van der Waals surface area contributed by atoms with Crippen LogP contribution in [0.2, 0.25) is 0 Å². The van der Waals surface area contributed by atoms with Crippen LogP contribution in [0.5, 0.6) is 11.5 Å². The molecule has 1 aliphatic heterocycles. The molecule has 1 aliphatic rings. The lowest BCUT2D eigenvalue weighted by Gasteiger charge is -2.31. The SMILES string of the molecule is COCCCN(C(=O)[C@H]1COc2ccccc2O1)c1c(N)n(CC(C)C)c(=O)[nH]c1=O. The van der Waals surface area contributed by atoms with Crippen molar-refractivity contribution in [1.29, 1.82) is 0 Å². The largest absolute Gasteiger partial charge is 0.485 e. The summed E-state index contributed by atoms with van der Waals surface area (Å²) in [5, 5.41) is 0. The molecule has 0 spiro atoms. The van der Waals surface area contributed by atoms with Gasteiger partial charge in [-0.1, -0.05) is 26.0 Å². The van der Waals surface area contributed by atoms with Crippen molar-refractivity contribution >= 4 is 17.4 Å². The molecule has 2 aromatic rings. The average Bonchev–Trinajstić information content (AvgIpc) is 2.74. The lowest BCUT2D eigenvalue weighted by Crippen LogP contribution is -2.50. The molecule has 0 aliphatic carbocycles. The van der Waals surface area contributed by atoms with Crippen LogP contribution < -0.4 is 31.4 Å². The quantitative estimate of drug-likeness (QED) is 0.595. The number of nitrogen functional groups attached to an aromatic ring is 1. The van der Waals surface area contributed by atoms with Gasteiger partial charge in [-0.15, -0.1) is 0 Å². The number of aromatic amines is 1. The predicted octanol–water partition coefficient (Wildman–Crippen LogP) is 0.984. The van der Waals surface area contributed by atoms with Gasteiger partial charge in [0.25, 0.3) is 11.5 Å². The first-order chi connectivity index (χ1) is 14.8. The number of amides is 1. The van der Waals surface area contributed by atoms with E-state index >= 15 is 0 Å². The molecule has 10 nitrogen and oxygen atoms in total. The maximum absolute atomic E-state index is 13.4. The van der Waals surface area contributed by atoms with Crippen LogP contribution in [0.1, 0.15) is 20.3 Å².